The molecule has 0 atom stereocenters. The molecule has 0 amide bonds. The maximum atomic E-state index is 12.7. The second-order valence-corrected chi connectivity index (χ2v) is 5.09. The van der Waals surface area contributed by atoms with E-state index in [4.69, 9.17) is 0 Å². The Labute approximate surface area is 115 Å². The van der Waals surface area contributed by atoms with E-state index in [-0.39, 0.29) is 16.9 Å². The topological polar surface area (TPSA) is 45.1 Å². The predicted octanol–water partition coefficient (Wildman–Crippen LogP) is 2.30. The molecule has 0 radical (unpaired) electrons. The molecule has 0 bridgehead atoms. The molecule has 1 aliphatic rings. The fraction of sp³-hybridized carbons (Fsp3) is 0.118. The molecular weight excluding hydrogens is 250 g/mol. The van der Waals surface area contributed by atoms with E-state index in [1.54, 1.807) is 4.57 Å². The van der Waals surface area contributed by atoms with Gasteiger partial charge in [-0.3, -0.25) is 4.79 Å². The van der Waals surface area contributed by atoms with Crippen LogP contribution in [0.3, 0.4) is 0 Å². The highest BCUT2D eigenvalue weighted by molar-refractivity contribution is 5.94. The van der Waals surface area contributed by atoms with Gasteiger partial charge in [-0.2, -0.15) is 0 Å². The monoisotopic (exact) mass is 262 g/mol. The van der Waals surface area contributed by atoms with Crippen LogP contribution in [0.15, 0.2) is 53.3 Å². The number of rotatable bonds is 1. The van der Waals surface area contributed by atoms with Gasteiger partial charge in [-0.05, 0) is 22.9 Å². The summed E-state index contributed by atoms with van der Waals surface area (Å²) < 4.78 is 1.74. The van der Waals surface area contributed by atoms with Crippen molar-refractivity contribution in [3.63, 3.8) is 0 Å². The first-order valence-corrected chi connectivity index (χ1v) is 6.68. The largest absolute Gasteiger partial charge is 0.871 e. The average molecular weight is 262 g/mol. The summed E-state index contributed by atoms with van der Waals surface area (Å²) in [5, 5.41) is 13.3. The lowest BCUT2D eigenvalue weighted by Gasteiger charge is -2.18. The quantitative estimate of drug-likeness (QED) is 0.675. The van der Waals surface area contributed by atoms with Crippen molar-refractivity contribution in [3.8, 4) is 16.9 Å². The molecule has 0 spiro atoms. The Balaban J connectivity index is 2.19. The Kier molecular flexibility index (Phi) is 2.24. The van der Waals surface area contributed by atoms with Crippen LogP contribution in [0.2, 0.25) is 0 Å². The average Bonchev–Trinajstić information content (AvgIpc) is 2.91. The van der Waals surface area contributed by atoms with E-state index in [9.17, 15) is 9.90 Å². The molecule has 3 aromatic rings. The van der Waals surface area contributed by atoms with Crippen molar-refractivity contribution in [2.45, 2.75) is 13.0 Å². The second kappa shape index (κ2) is 3.97. The molecule has 2 heterocycles. The van der Waals surface area contributed by atoms with E-state index in [0.717, 1.165) is 17.5 Å². The van der Waals surface area contributed by atoms with Crippen LogP contribution in [-0.4, -0.2) is 4.57 Å². The number of pyridine rings is 1. The van der Waals surface area contributed by atoms with Crippen LogP contribution >= 0.6 is 0 Å². The third-order valence-corrected chi connectivity index (χ3v) is 3.99. The third kappa shape index (κ3) is 1.37. The van der Waals surface area contributed by atoms with Crippen molar-refractivity contribution in [1.29, 1.82) is 0 Å². The van der Waals surface area contributed by atoms with Crippen LogP contribution in [0.25, 0.3) is 22.0 Å². The van der Waals surface area contributed by atoms with E-state index < -0.39 is 0 Å². The summed E-state index contributed by atoms with van der Waals surface area (Å²) in [6.45, 7) is 0.662. The summed E-state index contributed by atoms with van der Waals surface area (Å²) in [6, 6.07) is 14.9. The Morgan fingerprint density at radius 1 is 1.00 bits per heavy atom. The SMILES string of the molecule is O=c1c(-c2ccccc2)c([O-])c2cccc3c2n1CC3. The lowest BCUT2D eigenvalue weighted by atomic mass is 10.0. The smallest absolute Gasteiger partial charge is 0.258 e. The fourth-order valence-electron chi connectivity index (χ4n) is 3.07. The highest BCUT2D eigenvalue weighted by Gasteiger charge is 2.19. The number of aromatic nitrogens is 1. The van der Waals surface area contributed by atoms with Gasteiger partial charge < -0.3 is 9.67 Å². The Morgan fingerprint density at radius 2 is 1.80 bits per heavy atom. The zero-order chi connectivity index (χ0) is 13.7. The summed E-state index contributed by atoms with van der Waals surface area (Å²) >= 11 is 0. The van der Waals surface area contributed by atoms with Gasteiger partial charge in [0.2, 0.25) is 0 Å². The van der Waals surface area contributed by atoms with Crippen LogP contribution in [0.1, 0.15) is 5.56 Å². The zero-order valence-corrected chi connectivity index (χ0v) is 10.8. The highest BCUT2D eigenvalue weighted by Crippen LogP contribution is 2.34. The van der Waals surface area contributed by atoms with E-state index in [1.807, 2.05) is 48.5 Å². The maximum Gasteiger partial charge on any atom is 0.258 e. The van der Waals surface area contributed by atoms with E-state index in [0.29, 0.717) is 17.5 Å². The number of aryl methyl sites for hydroxylation is 2. The van der Waals surface area contributed by atoms with Crippen LogP contribution in [-0.2, 0) is 13.0 Å². The number of hydrogen-bond acceptors (Lipinski definition) is 2. The molecule has 0 saturated carbocycles. The van der Waals surface area contributed by atoms with Crippen LogP contribution in [0.5, 0.6) is 5.75 Å². The van der Waals surface area contributed by atoms with Crippen molar-refractivity contribution in [2.24, 2.45) is 0 Å². The Bertz CT molecular complexity index is 879. The van der Waals surface area contributed by atoms with Crippen LogP contribution in [0, 0.1) is 0 Å². The molecule has 1 aromatic heterocycles. The summed E-state index contributed by atoms with van der Waals surface area (Å²) in [6.07, 6.45) is 0.824. The van der Waals surface area contributed by atoms with Gasteiger partial charge in [-0.1, -0.05) is 54.3 Å². The Morgan fingerprint density at radius 3 is 2.60 bits per heavy atom. The van der Waals surface area contributed by atoms with Crippen molar-refractivity contribution < 1.29 is 5.11 Å². The lowest BCUT2D eigenvalue weighted by Crippen LogP contribution is -2.22. The molecular formula is C17H12NO2-. The first-order valence-electron chi connectivity index (χ1n) is 6.68. The summed E-state index contributed by atoms with van der Waals surface area (Å²) in [5.41, 5.74) is 2.74. The minimum absolute atomic E-state index is 0.156. The van der Waals surface area contributed by atoms with Gasteiger partial charge >= 0.3 is 0 Å². The van der Waals surface area contributed by atoms with Crippen LogP contribution in [0.4, 0.5) is 0 Å². The first-order chi connectivity index (χ1) is 9.77. The van der Waals surface area contributed by atoms with Gasteiger partial charge in [-0.25, -0.2) is 0 Å². The summed E-state index contributed by atoms with van der Waals surface area (Å²) in [5.74, 6) is -0.156. The van der Waals surface area contributed by atoms with Gasteiger partial charge in [0.25, 0.3) is 5.56 Å². The molecule has 4 rings (SSSR count). The Hall–Kier alpha value is -2.55. The van der Waals surface area contributed by atoms with Gasteiger partial charge in [-0.15, -0.1) is 0 Å². The van der Waals surface area contributed by atoms with Crippen molar-refractivity contribution in [2.75, 3.05) is 0 Å². The lowest BCUT2D eigenvalue weighted by molar-refractivity contribution is -0.265. The third-order valence-electron chi connectivity index (χ3n) is 3.99. The molecule has 0 aliphatic carbocycles. The molecule has 98 valence electrons. The number of hydrogen-bond donors (Lipinski definition) is 0. The van der Waals surface area contributed by atoms with Gasteiger partial charge in [0.1, 0.15) is 0 Å². The van der Waals surface area contributed by atoms with Crippen molar-refractivity contribution in [1.82, 2.24) is 4.57 Å². The molecule has 20 heavy (non-hydrogen) atoms. The van der Waals surface area contributed by atoms with Crippen molar-refractivity contribution >= 4 is 10.9 Å². The van der Waals surface area contributed by atoms with Gasteiger partial charge in [0.05, 0.1) is 5.52 Å². The molecule has 1 aliphatic heterocycles. The number of benzene rings is 2. The minimum atomic E-state index is -0.168. The molecule has 0 unspecified atom stereocenters. The molecule has 3 nitrogen and oxygen atoms in total. The molecule has 3 heteroatoms. The first kappa shape index (κ1) is 11.3. The van der Waals surface area contributed by atoms with E-state index >= 15 is 0 Å². The normalized spacial score (nSPS) is 13.0. The maximum absolute atomic E-state index is 12.7. The highest BCUT2D eigenvalue weighted by atomic mass is 16.3. The molecule has 0 N–H and O–H groups in total. The fourth-order valence-corrected chi connectivity index (χ4v) is 3.07. The number of para-hydroxylation sites is 1. The molecule has 0 fully saturated rings. The summed E-state index contributed by atoms with van der Waals surface area (Å²) in [7, 11) is 0. The van der Waals surface area contributed by atoms with Crippen molar-refractivity contribution in [3.05, 3.63) is 64.4 Å². The van der Waals surface area contributed by atoms with Gasteiger partial charge in [0, 0.05) is 12.1 Å². The van der Waals surface area contributed by atoms with Gasteiger partial charge in [0.15, 0.2) is 0 Å². The molecule has 2 aromatic carbocycles. The second-order valence-electron chi connectivity index (χ2n) is 5.09. The van der Waals surface area contributed by atoms with E-state index in [2.05, 4.69) is 0 Å². The summed E-state index contributed by atoms with van der Waals surface area (Å²) in [4.78, 5) is 12.6. The van der Waals surface area contributed by atoms with E-state index in [1.165, 1.54) is 0 Å². The standard InChI is InChI=1S/C17H13NO2/c19-16-13-8-4-7-12-9-10-18(15(12)13)17(20)14(16)11-5-2-1-3-6-11/h1-8,19H,9-10H2/p-1. The minimum Gasteiger partial charge on any atom is -0.871 e. The number of nitrogens with zero attached hydrogens (tertiary/aromatic N) is 1. The predicted molar refractivity (Wildman–Crippen MR) is 76.8 cm³/mol. The van der Waals surface area contributed by atoms with Crippen LogP contribution < -0.4 is 10.7 Å². The molecule has 0 saturated heterocycles. The zero-order valence-electron chi connectivity index (χ0n) is 10.8.